The molecule has 0 aliphatic carbocycles. The first-order valence-corrected chi connectivity index (χ1v) is 10.7. The Balaban J connectivity index is 1.81. The maximum atomic E-state index is 12.8. The van der Waals surface area contributed by atoms with Crippen molar-refractivity contribution in [2.75, 3.05) is 36.5 Å². The van der Waals surface area contributed by atoms with Crippen LogP contribution in [0.1, 0.15) is 42.4 Å². The highest BCUT2D eigenvalue weighted by molar-refractivity contribution is 7.91. The van der Waals surface area contributed by atoms with Crippen molar-refractivity contribution < 1.29 is 13.2 Å². The molecular weight excluding hydrogens is 340 g/mol. The second-order valence-electron chi connectivity index (χ2n) is 7.36. The molecule has 3 heterocycles. The summed E-state index contributed by atoms with van der Waals surface area (Å²) in [5, 5.41) is 0. The van der Waals surface area contributed by atoms with Gasteiger partial charge in [0.05, 0.1) is 11.5 Å². The van der Waals surface area contributed by atoms with Crippen LogP contribution in [0.2, 0.25) is 0 Å². The number of aryl methyl sites for hydroxylation is 1. The van der Waals surface area contributed by atoms with Crippen molar-refractivity contribution in [3.8, 4) is 0 Å². The van der Waals surface area contributed by atoms with E-state index in [0.717, 1.165) is 25.9 Å². The molecule has 3 rings (SSSR count). The Bertz CT molecular complexity index is 765. The smallest absolute Gasteiger partial charge is 0.272 e. The first-order valence-electron chi connectivity index (χ1n) is 8.83. The van der Waals surface area contributed by atoms with Crippen LogP contribution in [-0.2, 0) is 9.84 Å². The van der Waals surface area contributed by atoms with E-state index in [1.807, 2.05) is 11.8 Å². The summed E-state index contributed by atoms with van der Waals surface area (Å²) in [4.78, 5) is 25.4. The number of anilines is 1. The third-order valence-corrected chi connectivity index (χ3v) is 6.83. The van der Waals surface area contributed by atoms with Gasteiger partial charge in [-0.1, -0.05) is 6.92 Å². The molecule has 138 valence electrons. The molecule has 0 bridgehead atoms. The van der Waals surface area contributed by atoms with E-state index in [-0.39, 0.29) is 23.5 Å². The highest BCUT2D eigenvalue weighted by atomic mass is 32.2. The van der Waals surface area contributed by atoms with Crippen LogP contribution < -0.4 is 4.90 Å². The predicted octanol–water partition coefficient (Wildman–Crippen LogP) is 1.28. The minimum Gasteiger partial charge on any atom is -0.340 e. The molecule has 2 aliphatic rings. The Kier molecular flexibility index (Phi) is 4.99. The van der Waals surface area contributed by atoms with Crippen LogP contribution in [0.15, 0.2) is 6.07 Å². The Morgan fingerprint density at radius 2 is 2.08 bits per heavy atom. The molecule has 0 aromatic carbocycles. The summed E-state index contributed by atoms with van der Waals surface area (Å²) in [5.74, 6) is 1.19. The van der Waals surface area contributed by atoms with E-state index in [0.29, 0.717) is 29.7 Å². The van der Waals surface area contributed by atoms with E-state index < -0.39 is 9.84 Å². The van der Waals surface area contributed by atoms with Gasteiger partial charge < -0.3 is 9.80 Å². The molecule has 1 amide bonds. The molecule has 2 atom stereocenters. The first kappa shape index (κ1) is 18.1. The van der Waals surface area contributed by atoms with Gasteiger partial charge in [-0.25, -0.2) is 18.4 Å². The van der Waals surface area contributed by atoms with Gasteiger partial charge in [0, 0.05) is 31.9 Å². The van der Waals surface area contributed by atoms with Crippen molar-refractivity contribution >= 4 is 21.7 Å². The molecule has 0 radical (unpaired) electrons. The van der Waals surface area contributed by atoms with E-state index in [9.17, 15) is 13.2 Å². The van der Waals surface area contributed by atoms with Crippen LogP contribution in [0.3, 0.4) is 0 Å². The zero-order valence-electron chi connectivity index (χ0n) is 15.1. The Labute approximate surface area is 149 Å². The predicted molar refractivity (Wildman–Crippen MR) is 96.5 cm³/mol. The third-order valence-electron chi connectivity index (χ3n) is 5.08. The molecule has 2 saturated heterocycles. The fraction of sp³-hybridized carbons (Fsp3) is 0.706. The Hall–Kier alpha value is -1.70. The normalized spacial score (nSPS) is 25.8. The number of hydrogen-bond acceptors (Lipinski definition) is 6. The quantitative estimate of drug-likeness (QED) is 0.801. The lowest BCUT2D eigenvalue weighted by atomic mass is 10.00. The van der Waals surface area contributed by atoms with Gasteiger partial charge in [0.25, 0.3) is 5.91 Å². The minimum absolute atomic E-state index is 0.0641. The highest BCUT2D eigenvalue weighted by Crippen LogP contribution is 2.22. The van der Waals surface area contributed by atoms with Crippen LogP contribution in [0.4, 0.5) is 5.95 Å². The number of sulfone groups is 1. The number of amides is 1. The van der Waals surface area contributed by atoms with Crippen molar-refractivity contribution in [3.63, 3.8) is 0 Å². The fourth-order valence-electron chi connectivity index (χ4n) is 3.60. The summed E-state index contributed by atoms with van der Waals surface area (Å²) in [5.41, 5.74) is 1.11. The van der Waals surface area contributed by atoms with Gasteiger partial charge in [-0.2, -0.15) is 0 Å². The molecule has 7 nitrogen and oxygen atoms in total. The number of aromatic nitrogens is 2. The average Bonchev–Trinajstić information content (AvgIpc) is 2.93. The van der Waals surface area contributed by atoms with E-state index >= 15 is 0 Å². The largest absolute Gasteiger partial charge is 0.340 e. The number of carbonyl (C=O) groups excluding carboxylic acids is 1. The lowest BCUT2D eigenvalue weighted by Crippen LogP contribution is -2.40. The van der Waals surface area contributed by atoms with E-state index in [2.05, 4.69) is 16.9 Å². The molecule has 25 heavy (non-hydrogen) atoms. The van der Waals surface area contributed by atoms with Crippen LogP contribution in [0.25, 0.3) is 0 Å². The number of piperidine rings is 1. The van der Waals surface area contributed by atoms with Crippen LogP contribution in [-0.4, -0.2) is 66.9 Å². The Morgan fingerprint density at radius 1 is 1.32 bits per heavy atom. The second kappa shape index (κ2) is 6.90. The van der Waals surface area contributed by atoms with Crippen molar-refractivity contribution in [1.82, 2.24) is 14.9 Å². The molecule has 2 unspecified atom stereocenters. The molecule has 2 aliphatic heterocycles. The monoisotopic (exact) mass is 366 g/mol. The molecule has 1 aromatic heterocycles. The van der Waals surface area contributed by atoms with Gasteiger partial charge in [-0.05, 0) is 38.2 Å². The second-order valence-corrected chi connectivity index (χ2v) is 9.59. The van der Waals surface area contributed by atoms with Gasteiger partial charge in [-0.3, -0.25) is 4.79 Å². The number of hydrogen-bond donors (Lipinski definition) is 0. The summed E-state index contributed by atoms with van der Waals surface area (Å²) in [7, 11) is -1.18. The van der Waals surface area contributed by atoms with Gasteiger partial charge in [-0.15, -0.1) is 0 Å². The lowest BCUT2D eigenvalue weighted by Gasteiger charge is -2.31. The van der Waals surface area contributed by atoms with Crippen LogP contribution >= 0.6 is 0 Å². The molecule has 8 heteroatoms. The highest BCUT2D eigenvalue weighted by Gasteiger charge is 2.32. The maximum Gasteiger partial charge on any atom is 0.272 e. The standard InChI is InChI=1S/C17H26N4O3S/c1-12-5-4-7-21(10-12)16(22)15-9-13(2)18-17(19-15)20(3)14-6-8-25(23,24)11-14/h9,12,14H,4-8,10-11H2,1-3H3. The zero-order valence-corrected chi connectivity index (χ0v) is 15.9. The van der Waals surface area contributed by atoms with Crippen molar-refractivity contribution in [1.29, 1.82) is 0 Å². The molecule has 0 N–H and O–H groups in total. The van der Waals surface area contributed by atoms with Gasteiger partial charge in [0.15, 0.2) is 9.84 Å². The van der Waals surface area contributed by atoms with E-state index in [4.69, 9.17) is 0 Å². The summed E-state index contributed by atoms with van der Waals surface area (Å²) < 4.78 is 23.5. The number of rotatable bonds is 3. The summed E-state index contributed by atoms with van der Waals surface area (Å²) >= 11 is 0. The average molecular weight is 366 g/mol. The third kappa shape index (κ3) is 4.11. The number of nitrogens with zero attached hydrogens (tertiary/aromatic N) is 4. The molecule has 2 fully saturated rings. The Morgan fingerprint density at radius 3 is 2.72 bits per heavy atom. The zero-order chi connectivity index (χ0) is 18.2. The SMILES string of the molecule is Cc1cc(C(=O)N2CCCC(C)C2)nc(N(C)C2CCS(=O)(=O)C2)n1. The van der Waals surface area contributed by atoms with Gasteiger partial charge in [0.1, 0.15) is 5.69 Å². The molecular formula is C17H26N4O3S. The lowest BCUT2D eigenvalue weighted by molar-refractivity contribution is 0.0677. The summed E-state index contributed by atoms with van der Waals surface area (Å²) in [6.07, 6.45) is 2.74. The molecule has 1 aromatic rings. The van der Waals surface area contributed by atoms with Crippen molar-refractivity contribution in [3.05, 3.63) is 17.5 Å². The first-order chi connectivity index (χ1) is 11.7. The molecule has 0 spiro atoms. The maximum absolute atomic E-state index is 12.8. The molecule has 0 saturated carbocycles. The topological polar surface area (TPSA) is 83.5 Å². The van der Waals surface area contributed by atoms with E-state index in [1.54, 1.807) is 18.0 Å². The minimum atomic E-state index is -2.98. The van der Waals surface area contributed by atoms with Gasteiger partial charge in [0.2, 0.25) is 5.95 Å². The fourth-order valence-corrected chi connectivity index (χ4v) is 5.37. The summed E-state index contributed by atoms with van der Waals surface area (Å²) in [6, 6.07) is 1.58. The van der Waals surface area contributed by atoms with Crippen molar-refractivity contribution in [2.45, 2.75) is 39.2 Å². The number of likely N-dealkylation sites (tertiary alicyclic amines) is 1. The van der Waals surface area contributed by atoms with E-state index in [1.165, 1.54) is 0 Å². The van der Waals surface area contributed by atoms with Crippen molar-refractivity contribution in [2.24, 2.45) is 5.92 Å². The van der Waals surface area contributed by atoms with Crippen LogP contribution in [0, 0.1) is 12.8 Å². The van der Waals surface area contributed by atoms with Gasteiger partial charge >= 0.3 is 0 Å². The summed E-state index contributed by atoms with van der Waals surface area (Å²) in [6.45, 7) is 5.51. The van der Waals surface area contributed by atoms with Crippen LogP contribution in [0.5, 0.6) is 0 Å². The number of carbonyl (C=O) groups is 1.